The quantitative estimate of drug-likeness (QED) is 0.712. The summed E-state index contributed by atoms with van der Waals surface area (Å²) in [5.74, 6) is -0.481. The molecule has 0 saturated carbocycles. The molecule has 0 atom stereocenters. The van der Waals surface area contributed by atoms with Crippen LogP contribution in [0, 0.1) is 11.3 Å². The van der Waals surface area contributed by atoms with Gasteiger partial charge >= 0.3 is 12.0 Å². The Morgan fingerprint density at radius 3 is 3.00 bits per heavy atom. The van der Waals surface area contributed by atoms with Gasteiger partial charge in [-0.15, -0.1) is 0 Å². The van der Waals surface area contributed by atoms with Crippen molar-refractivity contribution in [1.82, 2.24) is 10.6 Å². The number of carbonyl (C=O) groups is 2. The Kier molecular flexibility index (Phi) is 5.44. The van der Waals surface area contributed by atoms with Gasteiger partial charge in [0.15, 0.2) is 0 Å². The van der Waals surface area contributed by atoms with Crippen molar-refractivity contribution in [3.05, 3.63) is 40.1 Å². The van der Waals surface area contributed by atoms with Gasteiger partial charge in [-0.25, -0.2) is 9.59 Å². The Morgan fingerprint density at radius 1 is 1.52 bits per heavy atom. The van der Waals surface area contributed by atoms with E-state index in [9.17, 15) is 9.59 Å². The van der Waals surface area contributed by atoms with Crippen molar-refractivity contribution in [2.75, 3.05) is 25.0 Å². The van der Waals surface area contributed by atoms with Gasteiger partial charge in [0.2, 0.25) is 0 Å². The van der Waals surface area contributed by atoms with Gasteiger partial charge in [-0.3, -0.25) is 0 Å². The molecule has 1 aliphatic rings. The molecule has 120 valence electrons. The minimum Gasteiger partial charge on any atom is -0.463 e. The standard InChI is InChI=1S/C15H15ClN4O3/c1-2-23-14(21)11-7-19-15(22)20-13(11)8-18-10-3-4-12(16)9(5-10)6-17/h3-5,18H,2,7-8H2,1H3,(H2,19,20,22). The number of nitrogens with zero attached hydrogens (tertiary/aromatic N) is 1. The van der Waals surface area contributed by atoms with E-state index in [2.05, 4.69) is 16.0 Å². The first-order chi connectivity index (χ1) is 11.0. The predicted octanol–water partition coefficient (Wildman–Crippen LogP) is 1.75. The zero-order valence-electron chi connectivity index (χ0n) is 12.4. The molecule has 0 spiro atoms. The highest BCUT2D eigenvalue weighted by molar-refractivity contribution is 6.31. The van der Waals surface area contributed by atoms with Gasteiger partial charge in [-0.05, 0) is 25.1 Å². The van der Waals surface area contributed by atoms with Crippen LogP contribution in [-0.2, 0) is 9.53 Å². The van der Waals surface area contributed by atoms with Crippen LogP contribution < -0.4 is 16.0 Å². The van der Waals surface area contributed by atoms with Crippen molar-refractivity contribution in [3.8, 4) is 6.07 Å². The van der Waals surface area contributed by atoms with E-state index >= 15 is 0 Å². The molecule has 2 amide bonds. The molecule has 0 saturated heterocycles. The predicted molar refractivity (Wildman–Crippen MR) is 84.9 cm³/mol. The molecule has 0 aliphatic carbocycles. The highest BCUT2D eigenvalue weighted by atomic mass is 35.5. The average molecular weight is 335 g/mol. The van der Waals surface area contributed by atoms with Crippen LogP contribution in [0.5, 0.6) is 0 Å². The Labute approximate surface area is 138 Å². The van der Waals surface area contributed by atoms with Crippen molar-refractivity contribution in [2.45, 2.75) is 6.92 Å². The van der Waals surface area contributed by atoms with Gasteiger partial charge in [0.25, 0.3) is 0 Å². The van der Waals surface area contributed by atoms with Gasteiger partial charge in [0, 0.05) is 5.69 Å². The Hall–Kier alpha value is -2.72. The molecule has 1 aliphatic heterocycles. The maximum atomic E-state index is 11.9. The third kappa shape index (κ3) is 4.14. The Morgan fingerprint density at radius 2 is 2.30 bits per heavy atom. The zero-order chi connectivity index (χ0) is 16.8. The van der Waals surface area contributed by atoms with E-state index in [0.29, 0.717) is 27.5 Å². The number of halogens is 1. The highest BCUT2D eigenvalue weighted by Gasteiger charge is 2.23. The maximum Gasteiger partial charge on any atom is 0.337 e. The van der Waals surface area contributed by atoms with Gasteiger partial charge in [0.1, 0.15) is 6.07 Å². The largest absolute Gasteiger partial charge is 0.463 e. The van der Waals surface area contributed by atoms with Gasteiger partial charge in [-0.2, -0.15) is 5.26 Å². The summed E-state index contributed by atoms with van der Waals surface area (Å²) in [5, 5.41) is 17.5. The number of amides is 2. The number of benzene rings is 1. The van der Waals surface area contributed by atoms with E-state index in [-0.39, 0.29) is 25.7 Å². The van der Waals surface area contributed by atoms with E-state index in [1.54, 1.807) is 25.1 Å². The monoisotopic (exact) mass is 334 g/mol. The number of urea groups is 1. The summed E-state index contributed by atoms with van der Waals surface area (Å²) in [5.41, 5.74) is 1.77. The molecule has 0 radical (unpaired) electrons. The van der Waals surface area contributed by atoms with Crippen LogP contribution >= 0.6 is 11.6 Å². The molecule has 1 aromatic carbocycles. The van der Waals surface area contributed by atoms with Crippen molar-refractivity contribution >= 4 is 29.3 Å². The molecular formula is C15H15ClN4O3. The lowest BCUT2D eigenvalue weighted by Gasteiger charge is -2.22. The number of ether oxygens (including phenoxy) is 1. The second-order valence-corrected chi connectivity index (χ2v) is 5.05. The fourth-order valence-electron chi connectivity index (χ4n) is 2.01. The number of hydrogen-bond donors (Lipinski definition) is 3. The normalized spacial score (nSPS) is 13.7. The molecule has 1 heterocycles. The zero-order valence-corrected chi connectivity index (χ0v) is 13.2. The number of carbonyl (C=O) groups excluding carboxylic acids is 2. The van der Waals surface area contributed by atoms with Crippen LogP contribution in [0.4, 0.5) is 10.5 Å². The summed E-state index contributed by atoms with van der Waals surface area (Å²) in [7, 11) is 0. The third-order valence-corrected chi connectivity index (χ3v) is 3.46. The molecule has 7 nitrogen and oxygen atoms in total. The maximum absolute atomic E-state index is 11.9. The lowest BCUT2D eigenvalue weighted by Crippen LogP contribution is -2.45. The van der Waals surface area contributed by atoms with Gasteiger partial charge in [-0.1, -0.05) is 11.6 Å². The number of nitrogens with one attached hydrogen (secondary N) is 3. The van der Waals surface area contributed by atoms with E-state index in [0.717, 1.165) is 0 Å². The van der Waals surface area contributed by atoms with Crippen LogP contribution in [-0.4, -0.2) is 31.7 Å². The first-order valence-corrected chi connectivity index (χ1v) is 7.30. The first kappa shape index (κ1) is 16.6. The second-order valence-electron chi connectivity index (χ2n) is 4.65. The summed E-state index contributed by atoms with van der Waals surface area (Å²) in [6.07, 6.45) is 0. The lowest BCUT2D eigenvalue weighted by molar-refractivity contribution is -0.138. The first-order valence-electron chi connectivity index (χ1n) is 6.92. The van der Waals surface area contributed by atoms with E-state index in [1.807, 2.05) is 6.07 Å². The fraction of sp³-hybridized carbons (Fsp3) is 0.267. The number of hydrogen-bond acceptors (Lipinski definition) is 5. The van der Waals surface area contributed by atoms with E-state index < -0.39 is 5.97 Å². The van der Waals surface area contributed by atoms with Gasteiger partial charge in [0.05, 0.1) is 41.6 Å². The van der Waals surface area contributed by atoms with Crippen molar-refractivity contribution in [1.29, 1.82) is 5.26 Å². The molecule has 0 bridgehead atoms. The van der Waals surface area contributed by atoms with Crippen LogP contribution in [0.15, 0.2) is 29.5 Å². The molecule has 0 unspecified atom stereocenters. The fourth-order valence-corrected chi connectivity index (χ4v) is 2.17. The summed E-state index contributed by atoms with van der Waals surface area (Å²) in [6.45, 7) is 2.27. The Bertz CT molecular complexity index is 709. The molecule has 23 heavy (non-hydrogen) atoms. The van der Waals surface area contributed by atoms with Crippen LogP contribution in [0.3, 0.4) is 0 Å². The summed E-state index contributed by atoms with van der Waals surface area (Å²) < 4.78 is 4.97. The molecule has 3 N–H and O–H groups in total. The van der Waals surface area contributed by atoms with Crippen LogP contribution in [0.1, 0.15) is 12.5 Å². The SMILES string of the molecule is CCOC(=O)C1=C(CNc2ccc(Cl)c(C#N)c2)NC(=O)NC1. The molecule has 1 aromatic rings. The Balaban J connectivity index is 2.16. The highest BCUT2D eigenvalue weighted by Crippen LogP contribution is 2.20. The smallest absolute Gasteiger partial charge is 0.337 e. The topological polar surface area (TPSA) is 103 Å². The third-order valence-electron chi connectivity index (χ3n) is 3.13. The van der Waals surface area contributed by atoms with Crippen molar-refractivity contribution in [2.24, 2.45) is 0 Å². The van der Waals surface area contributed by atoms with Crippen molar-refractivity contribution < 1.29 is 14.3 Å². The molecule has 2 rings (SSSR count). The number of anilines is 1. The number of rotatable bonds is 5. The number of nitriles is 1. The van der Waals surface area contributed by atoms with E-state index in [1.165, 1.54) is 0 Å². The lowest BCUT2D eigenvalue weighted by atomic mass is 10.1. The van der Waals surface area contributed by atoms with Crippen molar-refractivity contribution in [3.63, 3.8) is 0 Å². The minimum atomic E-state index is -0.481. The van der Waals surface area contributed by atoms with Crippen LogP contribution in [0.2, 0.25) is 5.02 Å². The minimum absolute atomic E-state index is 0.103. The van der Waals surface area contributed by atoms with Gasteiger partial charge < -0.3 is 20.7 Å². The second kappa shape index (κ2) is 7.51. The molecule has 0 aromatic heterocycles. The summed E-state index contributed by atoms with van der Waals surface area (Å²) >= 11 is 5.88. The van der Waals surface area contributed by atoms with E-state index in [4.69, 9.17) is 21.6 Å². The summed E-state index contributed by atoms with van der Waals surface area (Å²) in [4.78, 5) is 23.4. The molecular weight excluding hydrogens is 320 g/mol. The summed E-state index contributed by atoms with van der Waals surface area (Å²) in [6, 6.07) is 6.50. The average Bonchev–Trinajstić information content (AvgIpc) is 2.54. The molecule has 8 heteroatoms. The number of esters is 1. The van der Waals surface area contributed by atoms with Crippen LogP contribution in [0.25, 0.3) is 0 Å². The molecule has 0 fully saturated rings.